The molecule has 1 aromatic rings. The number of hydrogen-bond donors (Lipinski definition) is 0. The van der Waals surface area contributed by atoms with E-state index >= 15 is 0 Å². The van der Waals surface area contributed by atoms with Gasteiger partial charge in [-0.25, -0.2) is 4.79 Å². The Morgan fingerprint density at radius 1 is 1.26 bits per heavy atom. The van der Waals surface area contributed by atoms with Crippen molar-refractivity contribution in [2.45, 2.75) is 58.2 Å². The molecule has 0 aliphatic heterocycles. The van der Waals surface area contributed by atoms with Crippen molar-refractivity contribution in [1.29, 1.82) is 0 Å². The van der Waals surface area contributed by atoms with Gasteiger partial charge in [0.2, 0.25) is 0 Å². The van der Waals surface area contributed by atoms with Gasteiger partial charge in [0.1, 0.15) is 11.4 Å². The Morgan fingerprint density at radius 2 is 1.96 bits per heavy atom. The van der Waals surface area contributed by atoms with Gasteiger partial charge in [0.05, 0.1) is 13.2 Å². The molecule has 1 aromatic carbocycles. The van der Waals surface area contributed by atoms with Gasteiger partial charge in [-0.05, 0) is 57.7 Å². The van der Waals surface area contributed by atoms with Crippen molar-refractivity contribution >= 4 is 6.09 Å². The first-order valence-corrected chi connectivity index (χ1v) is 8.18. The Hall–Kier alpha value is -1.97. The number of methoxy groups -OCH3 is 1. The number of carbonyl (C=O) groups is 1. The number of amides is 1. The van der Waals surface area contributed by atoms with E-state index in [1.807, 2.05) is 49.9 Å². The van der Waals surface area contributed by atoms with E-state index in [-0.39, 0.29) is 12.1 Å². The summed E-state index contributed by atoms with van der Waals surface area (Å²) < 4.78 is 10.8. The van der Waals surface area contributed by atoms with Gasteiger partial charge in [0.15, 0.2) is 0 Å². The van der Waals surface area contributed by atoms with E-state index in [4.69, 9.17) is 9.47 Å². The Bertz CT molecular complexity index is 543. The summed E-state index contributed by atoms with van der Waals surface area (Å²) in [6.07, 6.45) is 7.18. The number of benzene rings is 1. The van der Waals surface area contributed by atoms with E-state index < -0.39 is 5.60 Å². The molecule has 0 bridgehead atoms. The summed E-state index contributed by atoms with van der Waals surface area (Å²) in [7, 11) is 1.65. The van der Waals surface area contributed by atoms with Crippen LogP contribution in [0.1, 0.15) is 45.6 Å². The molecule has 2 rings (SSSR count). The summed E-state index contributed by atoms with van der Waals surface area (Å²) in [4.78, 5) is 14.5. The lowest BCUT2D eigenvalue weighted by Gasteiger charge is -2.33. The third kappa shape index (κ3) is 5.31. The van der Waals surface area contributed by atoms with Gasteiger partial charge in [-0.1, -0.05) is 24.3 Å². The maximum Gasteiger partial charge on any atom is 0.411 e. The number of rotatable bonds is 4. The highest BCUT2D eigenvalue weighted by molar-refractivity contribution is 5.69. The van der Waals surface area contributed by atoms with Crippen molar-refractivity contribution in [2.24, 2.45) is 0 Å². The van der Waals surface area contributed by atoms with Gasteiger partial charge in [-0.2, -0.15) is 0 Å². The molecule has 0 N–H and O–H groups in total. The molecule has 0 aromatic heterocycles. The maximum absolute atomic E-state index is 12.6. The molecule has 0 spiro atoms. The molecule has 23 heavy (non-hydrogen) atoms. The van der Waals surface area contributed by atoms with Crippen LogP contribution in [-0.2, 0) is 11.3 Å². The fourth-order valence-electron chi connectivity index (χ4n) is 2.62. The van der Waals surface area contributed by atoms with E-state index in [0.717, 1.165) is 30.6 Å². The first-order valence-electron chi connectivity index (χ1n) is 8.18. The first-order chi connectivity index (χ1) is 10.9. The van der Waals surface area contributed by atoms with Crippen molar-refractivity contribution in [3.63, 3.8) is 0 Å². The highest BCUT2D eigenvalue weighted by atomic mass is 16.6. The Balaban J connectivity index is 2.16. The molecule has 1 amide bonds. The van der Waals surface area contributed by atoms with Crippen molar-refractivity contribution in [3.8, 4) is 5.75 Å². The third-order valence-electron chi connectivity index (χ3n) is 3.77. The third-order valence-corrected chi connectivity index (χ3v) is 3.77. The van der Waals surface area contributed by atoms with Crippen LogP contribution in [-0.4, -0.2) is 29.7 Å². The number of hydrogen-bond acceptors (Lipinski definition) is 3. The normalized spacial score (nSPS) is 17.7. The summed E-state index contributed by atoms with van der Waals surface area (Å²) in [5.41, 5.74) is 0.573. The predicted molar refractivity (Wildman–Crippen MR) is 91.6 cm³/mol. The monoisotopic (exact) mass is 317 g/mol. The molecule has 0 saturated heterocycles. The fraction of sp³-hybridized carbons (Fsp3) is 0.526. The fourth-order valence-corrected chi connectivity index (χ4v) is 2.62. The molecule has 0 unspecified atom stereocenters. The van der Waals surface area contributed by atoms with Crippen LogP contribution in [0, 0.1) is 0 Å². The molecule has 1 aliphatic rings. The highest BCUT2D eigenvalue weighted by Crippen LogP contribution is 2.22. The molecule has 126 valence electrons. The van der Waals surface area contributed by atoms with Crippen LogP contribution in [0.3, 0.4) is 0 Å². The van der Waals surface area contributed by atoms with E-state index in [2.05, 4.69) is 12.2 Å². The average Bonchev–Trinajstić information content (AvgIpc) is 2.52. The topological polar surface area (TPSA) is 38.8 Å². The lowest BCUT2D eigenvalue weighted by molar-refractivity contribution is 0.0169. The number of ether oxygens (including phenoxy) is 2. The van der Waals surface area contributed by atoms with Crippen molar-refractivity contribution in [3.05, 3.63) is 42.0 Å². The largest absolute Gasteiger partial charge is 0.497 e. The minimum atomic E-state index is -0.492. The van der Waals surface area contributed by atoms with E-state index in [1.54, 1.807) is 7.11 Å². The van der Waals surface area contributed by atoms with Gasteiger partial charge in [0.25, 0.3) is 0 Å². The lowest BCUT2D eigenvalue weighted by atomic mass is 10.0. The molecular formula is C19H27NO3. The summed E-state index contributed by atoms with van der Waals surface area (Å²) in [5, 5.41) is 0. The van der Waals surface area contributed by atoms with E-state index in [1.165, 1.54) is 0 Å². The molecule has 1 atom stereocenters. The van der Waals surface area contributed by atoms with E-state index in [0.29, 0.717) is 6.54 Å². The molecule has 0 radical (unpaired) electrons. The molecule has 4 heteroatoms. The van der Waals surface area contributed by atoms with Crippen LogP contribution in [0.25, 0.3) is 0 Å². The molecule has 0 heterocycles. The Kier molecular flexibility index (Phi) is 5.69. The second-order valence-corrected chi connectivity index (χ2v) is 6.88. The summed E-state index contributed by atoms with van der Waals surface area (Å²) in [6, 6.07) is 7.91. The second-order valence-electron chi connectivity index (χ2n) is 6.88. The van der Waals surface area contributed by atoms with Crippen LogP contribution < -0.4 is 4.74 Å². The second kappa shape index (κ2) is 7.53. The molecule has 0 fully saturated rings. The number of allylic oxidation sites excluding steroid dienone is 1. The highest BCUT2D eigenvalue weighted by Gasteiger charge is 2.27. The predicted octanol–water partition coefficient (Wildman–Crippen LogP) is 4.54. The van der Waals surface area contributed by atoms with Gasteiger partial charge >= 0.3 is 6.09 Å². The van der Waals surface area contributed by atoms with Crippen molar-refractivity contribution in [2.75, 3.05) is 7.11 Å². The Morgan fingerprint density at radius 3 is 2.48 bits per heavy atom. The first kappa shape index (κ1) is 17.4. The standard InChI is InChI=1S/C19H27NO3/c1-19(2,3)23-18(21)20(16-8-6-5-7-9-16)14-15-10-12-17(22-4)13-11-15/h6,8,10-13,16H,5,7,9,14H2,1-4H3/t16-/m1/s1. The Labute approximate surface area is 139 Å². The van der Waals surface area contributed by atoms with Crippen LogP contribution >= 0.6 is 0 Å². The van der Waals surface area contributed by atoms with Crippen LogP contribution in [0.4, 0.5) is 4.79 Å². The van der Waals surface area contributed by atoms with Crippen LogP contribution in [0.2, 0.25) is 0 Å². The molecule has 1 aliphatic carbocycles. The zero-order chi connectivity index (χ0) is 16.9. The number of nitrogens with zero attached hydrogens (tertiary/aromatic N) is 1. The van der Waals surface area contributed by atoms with Gasteiger partial charge in [-0.15, -0.1) is 0 Å². The van der Waals surface area contributed by atoms with E-state index in [9.17, 15) is 4.79 Å². The molecule has 4 nitrogen and oxygen atoms in total. The summed E-state index contributed by atoms with van der Waals surface area (Å²) in [5.74, 6) is 0.815. The minimum Gasteiger partial charge on any atom is -0.497 e. The average molecular weight is 317 g/mol. The summed E-state index contributed by atoms with van der Waals surface area (Å²) in [6.45, 7) is 6.22. The molecule has 0 saturated carbocycles. The lowest BCUT2D eigenvalue weighted by Crippen LogP contribution is -2.42. The van der Waals surface area contributed by atoms with Crippen LogP contribution in [0.15, 0.2) is 36.4 Å². The van der Waals surface area contributed by atoms with Crippen molar-refractivity contribution in [1.82, 2.24) is 4.90 Å². The zero-order valence-electron chi connectivity index (χ0n) is 14.5. The quantitative estimate of drug-likeness (QED) is 0.765. The molecular weight excluding hydrogens is 290 g/mol. The van der Waals surface area contributed by atoms with Gasteiger partial charge in [-0.3, -0.25) is 4.90 Å². The van der Waals surface area contributed by atoms with Crippen molar-refractivity contribution < 1.29 is 14.3 Å². The van der Waals surface area contributed by atoms with Gasteiger partial charge < -0.3 is 9.47 Å². The number of carbonyl (C=O) groups excluding carboxylic acids is 1. The summed E-state index contributed by atoms with van der Waals surface area (Å²) >= 11 is 0. The maximum atomic E-state index is 12.6. The van der Waals surface area contributed by atoms with Crippen LogP contribution in [0.5, 0.6) is 5.75 Å². The minimum absolute atomic E-state index is 0.0979. The van der Waals surface area contributed by atoms with Gasteiger partial charge in [0, 0.05) is 6.54 Å². The smallest absolute Gasteiger partial charge is 0.411 e. The zero-order valence-corrected chi connectivity index (χ0v) is 14.5. The SMILES string of the molecule is COc1ccc(CN(C(=O)OC(C)(C)C)[C@@H]2C=CCCC2)cc1.